The van der Waals surface area contributed by atoms with Gasteiger partial charge in [0.2, 0.25) is 0 Å². The van der Waals surface area contributed by atoms with Crippen molar-refractivity contribution in [1.82, 2.24) is 5.32 Å². The van der Waals surface area contributed by atoms with Gasteiger partial charge < -0.3 is 15.0 Å². The highest BCUT2D eigenvalue weighted by atomic mass is 16.5. The molecule has 1 aliphatic heterocycles. The number of hydrogen-bond acceptors (Lipinski definition) is 3. The molecule has 0 atom stereocenters. The van der Waals surface area contributed by atoms with Crippen LogP contribution in [0.1, 0.15) is 17.3 Å². The average molecular weight is 234 g/mol. The summed E-state index contributed by atoms with van der Waals surface area (Å²) in [6.07, 6.45) is 0. The number of rotatable bonds is 3. The van der Waals surface area contributed by atoms with Crippen LogP contribution in [0.3, 0.4) is 0 Å². The van der Waals surface area contributed by atoms with Crippen LogP contribution >= 0.6 is 0 Å². The summed E-state index contributed by atoms with van der Waals surface area (Å²) in [5.74, 6) is -0.00501. The highest BCUT2D eigenvalue weighted by molar-refractivity contribution is 5.99. The summed E-state index contributed by atoms with van der Waals surface area (Å²) in [7, 11) is 0. The Morgan fingerprint density at radius 3 is 2.76 bits per heavy atom. The number of carbonyl (C=O) groups is 1. The Balaban J connectivity index is 2.23. The van der Waals surface area contributed by atoms with E-state index in [0.29, 0.717) is 6.54 Å². The van der Waals surface area contributed by atoms with E-state index >= 15 is 0 Å². The number of hydrogen-bond donors (Lipinski definition) is 1. The quantitative estimate of drug-likeness (QED) is 0.856. The van der Waals surface area contributed by atoms with E-state index in [2.05, 4.69) is 10.2 Å². The van der Waals surface area contributed by atoms with E-state index in [4.69, 9.17) is 4.74 Å². The van der Waals surface area contributed by atoms with Gasteiger partial charge in [-0.15, -0.1) is 0 Å². The number of anilines is 1. The molecule has 4 heteroatoms. The van der Waals surface area contributed by atoms with Crippen LogP contribution in [-0.4, -0.2) is 38.8 Å². The largest absolute Gasteiger partial charge is 0.378 e. The van der Waals surface area contributed by atoms with Crippen molar-refractivity contribution < 1.29 is 9.53 Å². The van der Waals surface area contributed by atoms with E-state index in [1.54, 1.807) is 0 Å². The summed E-state index contributed by atoms with van der Waals surface area (Å²) < 4.78 is 5.33. The van der Waals surface area contributed by atoms with Gasteiger partial charge in [-0.2, -0.15) is 0 Å². The Hall–Kier alpha value is -1.55. The lowest BCUT2D eigenvalue weighted by molar-refractivity contribution is 0.0954. The predicted molar refractivity (Wildman–Crippen MR) is 67.5 cm³/mol. The first-order chi connectivity index (χ1) is 8.33. The van der Waals surface area contributed by atoms with Crippen LogP contribution in [0.25, 0.3) is 0 Å². The van der Waals surface area contributed by atoms with Crippen LogP contribution in [0, 0.1) is 0 Å². The van der Waals surface area contributed by atoms with Crippen LogP contribution in [0.4, 0.5) is 5.69 Å². The van der Waals surface area contributed by atoms with Gasteiger partial charge in [0.1, 0.15) is 0 Å². The normalized spacial score (nSPS) is 15.7. The predicted octanol–water partition coefficient (Wildman–Crippen LogP) is 1.27. The highest BCUT2D eigenvalue weighted by Gasteiger charge is 2.17. The summed E-state index contributed by atoms with van der Waals surface area (Å²) in [5.41, 5.74) is 1.75. The summed E-state index contributed by atoms with van der Waals surface area (Å²) >= 11 is 0. The molecule has 1 heterocycles. The van der Waals surface area contributed by atoms with E-state index in [1.807, 2.05) is 31.2 Å². The number of amides is 1. The van der Waals surface area contributed by atoms with Crippen molar-refractivity contribution in [2.45, 2.75) is 6.92 Å². The zero-order valence-corrected chi connectivity index (χ0v) is 10.1. The van der Waals surface area contributed by atoms with Crippen LogP contribution in [0.5, 0.6) is 0 Å². The Kier molecular flexibility index (Phi) is 3.98. The average Bonchev–Trinajstić information content (AvgIpc) is 2.40. The molecule has 0 bridgehead atoms. The topological polar surface area (TPSA) is 41.6 Å². The smallest absolute Gasteiger partial charge is 0.253 e. The third-order valence-electron chi connectivity index (χ3n) is 2.84. The fourth-order valence-corrected chi connectivity index (χ4v) is 2.00. The van der Waals surface area contributed by atoms with Crippen molar-refractivity contribution in [3.05, 3.63) is 29.8 Å². The van der Waals surface area contributed by atoms with E-state index in [9.17, 15) is 4.79 Å². The van der Waals surface area contributed by atoms with Gasteiger partial charge in [0, 0.05) is 25.3 Å². The van der Waals surface area contributed by atoms with Gasteiger partial charge in [0.25, 0.3) is 5.91 Å². The molecule has 0 unspecified atom stereocenters. The molecule has 1 saturated heterocycles. The first-order valence-electron chi connectivity index (χ1n) is 6.03. The molecule has 4 nitrogen and oxygen atoms in total. The Morgan fingerprint density at radius 1 is 1.35 bits per heavy atom. The standard InChI is InChI=1S/C13H18N2O2/c1-2-14-13(16)11-5-3-4-6-12(11)15-7-9-17-10-8-15/h3-6H,2,7-10H2,1H3,(H,14,16). The molecular formula is C13H18N2O2. The summed E-state index contributed by atoms with van der Waals surface area (Å²) in [5, 5.41) is 2.84. The second-order valence-electron chi connectivity index (χ2n) is 3.98. The summed E-state index contributed by atoms with van der Waals surface area (Å²) in [6, 6.07) is 7.73. The molecule has 0 aromatic heterocycles. The van der Waals surface area contributed by atoms with Crippen molar-refractivity contribution in [3.63, 3.8) is 0 Å². The van der Waals surface area contributed by atoms with Gasteiger partial charge in [-0.05, 0) is 19.1 Å². The van der Waals surface area contributed by atoms with Crippen molar-refractivity contribution in [2.75, 3.05) is 37.7 Å². The van der Waals surface area contributed by atoms with E-state index in [1.165, 1.54) is 0 Å². The molecule has 1 aliphatic rings. The number of benzene rings is 1. The first-order valence-corrected chi connectivity index (χ1v) is 6.03. The Bertz CT molecular complexity index is 387. The fraction of sp³-hybridized carbons (Fsp3) is 0.462. The second-order valence-corrected chi connectivity index (χ2v) is 3.98. The molecule has 17 heavy (non-hydrogen) atoms. The maximum absolute atomic E-state index is 11.9. The maximum Gasteiger partial charge on any atom is 0.253 e. The van der Waals surface area contributed by atoms with Crippen molar-refractivity contribution in [2.24, 2.45) is 0 Å². The minimum absolute atomic E-state index is 0.00501. The molecule has 0 saturated carbocycles. The van der Waals surface area contributed by atoms with Crippen LogP contribution in [-0.2, 0) is 4.74 Å². The summed E-state index contributed by atoms with van der Waals surface area (Å²) in [6.45, 7) is 5.71. The number of nitrogens with zero attached hydrogens (tertiary/aromatic N) is 1. The van der Waals surface area contributed by atoms with Crippen molar-refractivity contribution in [3.8, 4) is 0 Å². The van der Waals surface area contributed by atoms with Gasteiger partial charge in [-0.1, -0.05) is 12.1 Å². The lowest BCUT2D eigenvalue weighted by Crippen LogP contribution is -2.37. The maximum atomic E-state index is 11.9. The SMILES string of the molecule is CCNC(=O)c1ccccc1N1CCOCC1. The van der Waals surface area contributed by atoms with Gasteiger partial charge >= 0.3 is 0 Å². The van der Waals surface area contributed by atoms with E-state index < -0.39 is 0 Å². The molecule has 0 aliphatic carbocycles. The molecule has 0 spiro atoms. The molecule has 1 aromatic carbocycles. The van der Waals surface area contributed by atoms with E-state index in [0.717, 1.165) is 37.6 Å². The number of para-hydroxylation sites is 1. The number of ether oxygens (including phenoxy) is 1. The van der Waals surface area contributed by atoms with Gasteiger partial charge in [0.05, 0.1) is 18.8 Å². The lowest BCUT2D eigenvalue weighted by atomic mass is 10.1. The molecule has 1 aromatic rings. The second kappa shape index (κ2) is 5.68. The third kappa shape index (κ3) is 2.77. The monoisotopic (exact) mass is 234 g/mol. The minimum Gasteiger partial charge on any atom is -0.378 e. The molecule has 2 rings (SSSR count). The fourth-order valence-electron chi connectivity index (χ4n) is 2.00. The molecular weight excluding hydrogens is 216 g/mol. The van der Waals surface area contributed by atoms with Crippen LogP contribution in [0.2, 0.25) is 0 Å². The third-order valence-corrected chi connectivity index (χ3v) is 2.84. The van der Waals surface area contributed by atoms with Crippen LogP contribution < -0.4 is 10.2 Å². The molecule has 0 radical (unpaired) electrons. The van der Waals surface area contributed by atoms with Gasteiger partial charge in [0.15, 0.2) is 0 Å². The van der Waals surface area contributed by atoms with Gasteiger partial charge in [-0.25, -0.2) is 0 Å². The van der Waals surface area contributed by atoms with Crippen molar-refractivity contribution in [1.29, 1.82) is 0 Å². The zero-order valence-electron chi connectivity index (χ0n) is 10.1. The minimum atomic E-state index is -0.00501. The molecule has 1 fully saturated rings. The number of nitrogens with one attached hydrogen (secondary N) is 1. The molecule has 1 amide bonds. The van der Waals surface area contributed by atoms with E-state index in [-0.39, 0.29) is 5.91 Å². The Morgan fingerprint density at radius 2 is 2.06 bits per heavy atom. The molecule has 1 N–H and O–H groups in total. The zero-order chi connectivity index (χ0) is 12.1. The van der Waals surface area contributed by atoms with Crippen molar-refractivity contribution >= 4 is 11.6 Å². The number of carbonyl (C=O) groups excluding carboxylic acids is 1. The summed E-state index contributed by atoms with van der Waals surface area (Å²) in [4.78, 5) is 14.1. The van der Waals surface area contributed by atoms with Crippen LogP contribution in [0.15, 0.2) is 24.3 Å². The lowest BCUT2D eigenvalue weighted by Gasteiger charge is -2.30. The highest BCUT2D eigenvalue weighted by Crippen LogP contribution is 2.21. The number of morpholine rings is 1. The van der Waals surface area contributed by atoms with Gasteiger partial charge in [-0.3, -0.25) is 4.79 Å². The molecule has 92 valence electrons. The first kappa shape index (κ1) is 11.9. The Labute approximate surface area is 102 Å².